The normalized spacial score (nSPS) is 15.5. The van der Waals surface area contributed by atoms with Crippen molar-refractivity contribution in [2.75, 3.05) is 27.7 Å². The molecular weight excluding hydrogens is 496 g/mol. The Hall–Kier alpha value is -2.53. The molecule has 1 aliphatic rings. The van der Waals surface area contributed by atoms with E-state index in [-0.39, 0.29) is 35.4 Å². The van der Waals surface area contributed by atoms with Crippen LogP contribution in [0.3, 0.4) is 0 Å². The number of nitrogens with zero attached hydrogens (tertiary/aromatic N) is 2. The van der Waals surface area contributed by atoms with Crippen molar-refractivity contribution in [2.24, 2.45) is 11.8 Å². The molecule has 1 aliphatic carbocycles. The SMILES string of the molecule is CNCCCCCC(=O)N[C@H](C(=O)N(C)C(CC(OC(C)=O)c1nc(C(=O)OC)cs1)C(C)C)C1CC1. The number of ether oxygens (including phenoxy) is 2. The van der Waals surface area contributed by atoms with Gasteiger partial charge in [-0.15, -0.1) is 11.3 Å². The minimum absolute atomic E-state index is 0.0368. The Morgan fingerprint density at radius 2 is 1.89 bits per heavy atom. The van der Waals surface area contributed by atoms with Crippen LogP contribution in [0, 0.1) is 11.8 Å². The van der Waals surface area contributed by atoms with Crippen LogP contribution < -0.4 is 10.6 Å². The average molecular weight is 539 g/mol. The van der Waals surface area contributed by atoms with Crippen molar-refractivity contribution in [3.8, 4) is 0 Å². The van der Waals surface area contributed by atoms with E-state index >= 15 is 0 Å². The smallest absolute Gasteiger partial charge is 0.357 e. The number of nitrogens with one attached hydrogen (secondary N) is 2. The van der Waals surface area contributed by atoms with Crippen LogP contribution in [-0.2, 0) is 23.9 Å². The van der Waals surface area contributed by atoms with Gasteiger partial charge in [-0.2, -0.15) is 0 Å². The molecule has 2 amide bonds. The standard InChI is InChI=1S/C26H42N4O6S/c1-16(2)20(14-21(36-17(3)31)24-28-19(15-37-24)26(34)35-6)30(5)25(33)23(18-11-12-18)29-22(32)10-8-7-9-13-27-4/h15-16,18,20-21,23,27H,7-14H2,1-6H3,(H,29,32)/t20?,21?,23-/m0/s1. The largest absolute Gasteiger partial charge is 0.464 e. The lowest BCUT2D eigenvalue weighted by atomic mass is 9.95. The molecule has 1 saturated carbocycles. The molecule has 3 atom stereocenters. The number of aromatic nitrogens is 1. The Balaban J connectivity index is 2.12. The Morgan fingerprint density at radius 1 is 1.19 bits per heavy atom. The third-order valence-corrected chi connectivity index (χ3v) is 7.51. The number of thiazole rings is 1. The Labute approximate surface area is 223 Å². The summed E-state index contributed by atoms with van der Waals surface area (Å²) in [6.07, 6.45) is 4.55. The van der Waals surface area contributed by atoms with Crippen LogP contribution in [-0.4, -0.2) is 73.5 Å². The Kier molecular flexibility index (Phi) is 12.5. The monoisotopic (exact) mass is 538 g/mol. The summed E-state index contributed by atoms with van der Waals surface area (Å²) in [5, 5.41) is 8.12. The van der Waals surface area contributed by atoms with E-state index in [9.17, 15) is 19.2 Å². The number of esters is 2. The average Bonchev–Trinajstić information content (AvgIpc) is 3.58. The second-order valence-electron chi connectivity index (χ2n) is 9.95. The van der Waals surface area contributed by atoms with Gasteiger partial charge in [-0.1, -0.05) is 20.3 Å². The second-order valence-corrected chi connectivity index (χ2v) is 10.8. The van der Waals surface area contributed by atoms with Crippen molar-refractivity contribution >= 4 is 35.1 Å². The Morgan fingerprint density at radius 3 is 2.46 bits per heavy atom. The van der Waals surface area contributed by atoms with Gasteiger partial charge in [0.2, 0.25) is 11.8 Å². The summed E-state index contributed by atoms with van der Waals surface area (Å²) in [6, 6.07) is -0.851. The number of unbranched alkanes of at least 4 members (excludes halogenated alkanes) is 2. The Bertz CT molecular complexity index is 917. The molecule has 37 heavy (non-hydrogen) atoms. The lowest BCUT2D eigenvalue weighted by Gasteiger charge is -2.35. The minimum atomic E-state index is -0.727. The van der Waals surface area contributed by atoms with E-state index in [0.717, 1.165) is 38.6 Å². The maximum atomic E-state index is 13.6. The number of rotatable bonds is 16. The van der Waals surface area contributed by atoms with Gasteiger partial charge in [-0.05, 0) is 51.1 Å². The zero-order valence-corrected chi connectivity index (χ0v) is 23.7. The summed E-state index contributed by atoms with van der Waals surface area (Å²) in [5.74, 6) is -1.10. The van der Waals surface area contributed by atoms with Crippen molar-refractivity contribution in [3.05, 3.63) is 16.1 Å². The highest BCUT2D eigenvalue weighted by Crippen LogP contribution is 2.35. The van der Waals surface area contributed by atoms with Crippen LogP contribution >= 0.6 is 11.3 Å². The van der Waals surface area contributed by atoms with Crippen LogP contribution in [0.4, 0.5) is 0 Å². The van der Waals surface area contributed by atoms with Crippen molar-refractivity contribution in [1.82, 2.24) is 20.5 Å². The summed E-state index contributed by atoms with van der Waals surface area (Å²) in [6.45, 7) is 6.23. The van der Waals surface area contributed by atoms with E-state index in [1.807, 2.05) is 20.9 Å². The van der Waals surface area contributed by atoms with Crippen LogP contribution in [0.1, 0.15) is 87.3 Å². The fourth-order valence-corrected chi connectivity index (χ4v) is 5.16. The first-order valence-electron chi connectivity index (χ1n) is 13.0. The molecule has 0 radical (unpaired) electrons. The molecule has 2 N–H and O–H groups in total. The first kappa shape index (κ1) is 30.7. The number of hydrogen-bond donors (Lipinski definition) is 2. The summed E-state index contributed by atoms with van der Waals surface area (Å²) in [7, 11) is 4.92. The zero-order valence-electron chi connectivity index (χ0n) is 22.9. The van der Waals surface area contributed by atoms with E-state index in [1.165, 1.54) is 25.4 Å². The van der Waals surface area contributed by atoms with Crippen LogP contribution in [0.15, 0.2) is 5.38 Å². The van der Waals surface area contributed by atoms with Crippen LogP contribution in [0.2, 0.25) is 0 Å². The first-order valence-corrected chi connectivity index (χ1v) is 13.9. The molecule has 0 bridgehead atoms. The van der Waals surface area contributed by atoms with E-state index in [1.54, 1.807) is 17.3 Å². The van der Waals surface area contributed by atoms with Gasteiger partial charge < -0.3 is 25.0 Å². The molecule has 1 aromatic heterocycles. The molecule has 1 fully saturated rings. The van der Waals surface area contributed by atoms with Crippen molar-refractivity contribution in [1.29, 1.82) is 0 Å². The fourth-order valence-electron chi connectivity index (χ4n) is 4.33. The predicted molar refractivity (Wildman–Crippen MR) is 141 cm³/mol. The fraction of sp³-hybridized carbons (Fsp3) is 0.731. The first-order chi connectivity index (χ1) is 17.6. The number of methoxy groups -OCH3 is 1. The topological polar surface area (TPSA) is 127 Å². The molecule has 1 aromatic rings. The molecule has 0 spiro atoms. The molecule has 2 rings (SSSR count). The summed E-state index contributed by atoms with van der Waals surface area (Å²) in [4.78, 5) is 56.0. The maximum absolute atomic E-state index is 13.6. The summed E-state index contributed by atoms with van der Waals surface area (Å²) in [5.41, 5.74) is 0.146. The third-order valence-electron chi connectivity index (χ3n) is 6.58. The molecule has 208 valence electrons. The third kappa shape index (κ3) is 9.70. The highest BCUT2D eigenvalue weighted by molar-refractivity contribution is 7.09. The van der Waals surface area contributed by atoms with Crippen molar-refractivity contribution in [2.45, 2.75) is 83.9 Å². The highest BCUT2D eigenvalue weighted by Gasteiger charge is 2.41. The van der Waals surface area contributed by atoms with E-state index in [4.69, 9.17) is 9.47 Å². The van der Waals surface area contributed by atoms with Gasteiger partial charge in [0.25, 0.3) is 0 Å². The maximum Gasteiger partial charge on any atom is 0.357 e. The highest BCUT2D eigenvalue weighted by atomic mass is 32.1. The van der Waals surface area contributed by atoms with Gasteiger partial charge in [0.05, 0.1) is 7.11 Å². The summed E-state index contributed by atoms with van der Waals surface area (Å²) >= 11 is 1.21. The van der Waals surface area contributed by atoms with E-state index < -0.39 is 24.1 Å². The minimum Gasteiger partial charge on any atom is -0.464 e. The van der Waals surface area contributed by atoms with Gasteiger partial charge in [0.1, 0.15) is 11.0 Å². The number of carbonyl (C=O) groups excluding carboxylic acids is 4. The van der Waals surface area contributed by atoms with Gasteiger partial charge in [-0.3, -0.25) is 14.4 Å². The molecule has 0 aromatic carbocycles. The second kappa shape index (κ2) is 15.0. The lowest BCUT2D eigenvalue weighted by molar-refractivity contribution is -0.149. The predicted octanol–water partition coefficient (Wildman–Crippen LogP) is 3.08. The number of carbonyl (C=O) groups is 4. The van der Waals surface area contributed by atoms with E-state index in [0.29, 0.717) is 17.8 Å². The molecule has 0 aliphatic heterocycles. The zero-order chi connectivity index (χ0) is 27.5. The van der Waals surface area contributed by atoms with Gasteiger partial charge >= 0.3 is 11.9 Å². The molecular formula is C26H42N4O6S. The van der Waals surface area contributed by atoms with Gasteiger partial charge in [-0.25, -0.2) is 9.78 Å². The molecule has 11 heteroatoms. The van der Waals surface area contributed by atoms with Crippen LogP contribution in [0.5, 0.6) is 0 Å². The molecule has 1 heterocycles. The van der Waals surface area contributed by atoms with Crippen LogP contribution in [0.25, 0.3) is 0 Å². The molecule has 0 saturated heterocycles. The lowest BCUT2D eigenvalue weighted by Crippen LogP contribution is -2.52. The van der Waals surface area contributed by atoms with Crippen molar-refractivity contribution < 1.29 is 28.7 Å². The molecule has 2 unspecified atom stereocenters. The number of likely N-dealkylation sites (N-methyl/N-ethyl adjacent to an activating group) is 1. The van der Waals surface area contributed by atoms with Gasteiger partial charge in [0.15, 0.2) is 11.8 Å². The number of hydrogen-bond acceptors (Lipinski definition) is 9. The quantitative estimate of drug-likeness (QED) is 0.243. The number of amides is 2. The van der Waals surface area contributed by atoms with Crippen molar-refractivity contribution in [3.63, 3.8) is 0 Å². The van der Waals surface area contributed by atoms with E-state index in [2.05, 4.69) is 15.6 Å². The van der Waals surface area contributed by atoms with Gasteiger partial charge in [0, 0.05) is 38.2 Å². The molecule has 10 nitrogen and oxygen atoms in total. The summed E-state index contributed by atoms with van der Waals surface area (Å²) < 4.78 is 10.3.